The molecule has 2 aromatic heterocycles. The van der Waals surface area contributed by atoms with Gasteiger partial charge in [-0.25, -0.2) is 9.37 Å². The molecular formula is C17H16FN3O2. The Morgan fingerprint density at radius 2 is 2.35 bits per heavy atom. The quantitative estimate of drug-likeness (QED) is 0.791. The summed E-state index contributed by atoms with van der Waals surface area (Å²) in [6.45, 7) is 2.48. The van der Waals surface area contributed by atoms with Gasteiger partial charge in [-0.05, 0) is 31.5 Å². The van der Waals surface area contributed by atoms with Gasteiger partial charge in [0, 0.05) is 42.4 Å². The topological polar surface area (TPSA) is 60.1 Å². The van der Waals surface area contributed by atoms with Crippen molar-refractivity contribution in [1.82, 2.24) is 14.9 Å². The zero-order valence-electron chi connectivity index (χ0n) is 12.7. The number of fused-ring (bicyclic) bond motifs is 2. The second-order valence-electron chi connectivity index (χ2n) is 5.90. The van der Waals surface area contributed by atoms with Gasteiger partial charge in [-0.3, -0.25) is 4.79 Å². The monoisotopic (exact) mass is 313 g/mol. The Hall–Kier alpha value is -2.63. The number of halogens is 1. The lowest BCUT2D eigenvalue weighted by atomic mass is 10.1. The van der Waals surface area contributed by atoms with E-state index < -0.39 is 0 Å². The molecule has 118 valence electrons. The molecule has 4 rings (SSSR count). The molecule has 3 heterocycles. The number of benzene rings is 1. The predicted molar refractivity (Wildman–Crippen MR) is 82.7 cm³/mol. The van der Waals surface area contributed by atoms with E-state index in [0.29, 0.717) is 23.1 Å². The van der Waals surface area contributed by atoms with Gasteiger partial charge < -0.3 is 14.3 Å². The van der Waals surface area contributed by atoms with E-state index in [0.717, 1.165) is 18.7 Å². The largest absolute Gasteiger partial charge is 0.451 e. The molecule has 0 fully saturated rings. The SMILES string of the molecule is Cc1c(C(=O)N[C@@H]2CCc3nccn3C2)oc2ccc(F)cc12. The first-order chi connectivity index (χ1) is 11.1. The third-order valence-electron chi connectivity index (χ3n) is 4.37. The van der Waals surface area contributed by atoms with Gasteiger partial charge in [-0.15, -0.1) is 0 Å². The Bertz CT molecular complexity index is 897. The van der Waals surface area contributed by atoms with Gasteiger partial charge in [0.25, 0.3) is 5.91 Å². The van der Waals surface area contributed by atoms with Crippen molar-refractivity contribution < 1.29 is 13.6 Å². The molecule has 1 aromatic carbocycles. The smallest absolute Gasteiger partial charge is 0.287 e. The van der Waals surface area contributed by atoms with Crippen LogP contribution in [0.5, 0.6) is 0 Å². The lowest BCUT2D eigenvalue weighted by molar-refractivity contribution is 0.0900. The van der Waals surface area contributed by atoms with E-state index in [-0.39, 0.29) is 23.5 Å². The molecule has 6 heteroatoms. The summed E-state index contributed by atoms with van der Waals surface area (Å²) in [7, 11) is 0. The van der Waals surface area contributed by atoms with Crippen molar-refractivity contribution in [2.45, 2.75) is 32.4 Å². The fourth-order valence-corrected chi connectivity index (χ4v) is 3.14. The Morgan fingerprint density at radius 1 is 1.48 bits per heavy atom. The fraction of sp³-hybridized carbons (Fsp3) is 0.294. The molecule has 0 saturated carbocycles. The number of rotatable bonds is 2. The van der Waals surface area contributed by atoms with Crippen LogP contribution in [0, 0.1) is 12.7 Å². The second-order valence-corrected chi connectivity index (χ2v) is 5.90. The number of hydrogen-bond acceptors (Lipinski definition) is 3. The Labute approximate surface area is 132 Å². The molecule has 5 nitrogen and oxygen atoms in total. The summed E-state index contributed by atoms with van der Waals surface area (Å²) in [6, 6.07) is 4.30. The number of hydrogen-bond donors (Lipinski definition) is 1. The van der Waals surface area contributed by atoms with Crippen LogP contribution in [0.1, 0.15) is 28.4 Å². The normalized spacial score (nSPS) is 17.2. The molecule has 0 unspecified atom stereocenters. The summed E-state index contributed by atoms with van der Waals surface area (Å²) in [6.07, 6.45) is 5.37. The van der Waals surface area contributed by atoms with Crippen molar-refractivity contribution in [2.75, 3.05) is 0 Å². The summed E-state index contributed by atoms with van der Waals surface area (Å²) in [5, 5.41) is 3.64. The van der Waals surface area contributed by atoms with Crippen LogP contribution in [0.3, 0.4) is 0 Å². The number of nitrogens with one attached hydrogen (secondary N) is 1. The first kappa shape index (κ1) is 14.0. The maximum Gasteiger partial charge on any atom is 0.287 e. The van der Waals surface area contributed by atoms with Gasteiger partial charge in [0.15, 0.2) is 5.76 Å². The van der Waals surface area contributed by atoms with E-state index >= 15 is 0 Å². The Morgan fingerprint density at radius 3 is 3.22 bits per heavy atom. The first-order valence-corrected chi connectivity index (χ1v) is 7.61. The van der Waals surface area contributed by atoms with Crippen molar-refractivity contribution >= 4 is 16.9 Å². The number of amides is 1. The summed E-state index contributed by atoms with van der Waals surface area (Å²) in [4.78, 5) is 16.8. The molecule has 1 aliphatic rings. The third-order valence-corrected chi connectivity index (χ3v) is 4.37. The van der Waals surface area contributed by atoms with E-state index in [1.165, 1.54) is 12.1 Å². The van der Waals surface area contributed by atoms with Crippen molar-refractivity contribution in [3.8, 4) is 0 Å². The molecule has 0 radical (unpaired) electrons. The van der Waals surface area contributed by atoms with Crippen molar-refractivity contribution in [2.24, 2.45) is 0 Å². The van der Waals surface area contributed by atoms with Gasteiger partial charge in [0.05, 0.1) is 0 Å². The van der Waals surface area contributed by atoms with Crippen LogP contribution >= 0.6 is 0 Å². The Balaban J connectivity index is 1.57. The van der Waals surface area contributed by atoms with Crippen LogP contribution in [0.15, 0.2) is 35.0 Å². The maximum absolute atomic E-state index is 13.4. The lowest BCUT2D eigenvalue weighted by Gasteiger charge is -2.24. The van der Waals surface area contributed by atoms with Crippen LogP contribution in [0.2, 0.25) is 0 Å². The summed E-state index contributed by atoms with van der Waals surface area (Å²) < 4.78 is 21.0. The molecule has 3 aromatic rings. The molecule has 1 atom stereocenters. The predicted octanol–water partition coefficient (Wildman–Crippen LogP) is 2.82. The highest BCUT2D eigenvalue weighted by Crippen LogP contribution is 2.26. The molecule has 0 spiro atoms. The van der Waals surface area contributed by atoms with Gasteiger partial charge in [0.1, 0.15) is 17.2 Å². The minimum absolute atomic E-state index is 0.0357. The lowest BCUT2D eigenvalue weighted by Crippen LogP contribution is -2.40. The summed E-state index contributed by atoms with van der Waals surface area (Å²) >= 11 is 0. The average molecular weight is 313 g/mol. The summed E-state index contributed by atoms with van der Waals surface area (Å²) in [5.41, 5.74) is 1.19. The van der Waals surface area contributed by atoms with E-state index in [1.54, 1.807) is 19.2 Å². The number of furan rings is 1. The number of nitrogens with zero attached hydrogens (tertiary/aromatic N) is 2. The third kappa shape index (κ3) is 2.40. The number of carbonyl (C=O) groups excluding carboxylic acids is 1. The fourth-order valence-electron chi connectivity index (χ4n) is 3.14. The van der Waals surface area contributed by atoms with E-state index in [9.17, 15) is 9.18 Å². The second kappa shape index (κ2) is 5.22. The zero-order chi connectivity index (χ0) is 16.0. The van der Waals surface area contributed by atoms with Crippen LogP contribution in [-0.2, 0) is 13.0 Å². The highest BCUT2D eigenvalue weighted by Gasteiger charge is 2.24. The number of carbonyl (C=O) groups is 1. The molecule has 0 aliphatic carbocycles. The molecule has 1 N–H and O–H groups in total. The van der Waals surface area contributed by atoms with Crippen LogP contribution in [0.4, 0.5) is 4.39 Å². The van der Waals surface area contributed by atoms with Crippen molar-refractivity contribution in [3.05, 3.63) is 53.6 Å². The van der Waals surface area contributed by atoms with Gasteiger partial charge >= 0.3 is 0 Å². The average Bonchev–Trinajstić information content (AvgIpc) is 3.12. The molecule has 23 heavy (non-hydrogen) atoms. The molecule has 1 aliphatic heterocycles. The number of imidazole rings is 1. The maximum atomic E-state index is 13.4. The highest BCUT2D eigenvalue weighted by molar-refractivity contribution is 5.99. The zero-order valence-corrected chi connectivity index (χ0v) is 12.7. The highest BCUT2D eigenvalue weighted by atomic mass is 19.1. The van der Waals surface area contributed by atoms with Crippen molar-refractivity contribution in [3.63, 3.8) is 0 Å². The minimum atomic E-state index is -0.340. The van der Waals surface area contributed by atoms with E-state index in [2.05, 4.69) is 14.9 Å². The van der Waals surface area contributed by atoms with Crippen LogP contribution in [-0.4, -0.2) is 21.5 Å². The van der Waals surface area contributed by atoms with Gasteiger partial charge in [-0.1, -0.05) is 0 Å². The van der Waals surface area contributed by atoms with E-state index in [1.807, 2.05) is 6.20 Å². The first-order valence-electron chi connectivity index (χ1n) is 7.61. The standard InChI is InChI=1S/C17H16FN3O2/c1-10-13-8-11(18)2-4-14(13)23-16(10)17(22)20-12-3-5-15-19-6-7-21(15)9-12/h2,4,6-8,12H,3,5,9H2,1H3,(H,20,22)/t12-/m1/s1. The van der Waals surface area contributed by atoms with E-state index in [4.69, 9.17) is 4.42 Å². The molecular weight excluding hydrogens is 297 g/mol. The van der Waals surface area contributed by atoms with Gasteiger partial charge in [0.2, 0.25) is 0 Å². The molecule has 0 saturated heterocycles. The Kier molecular flexibility index (Phi) is 3.18. The number of aromatic nitrogens is 2. The minimum Gasteiger partial charge on any atom is -0.451 e. The van der Waals surface area contributed by atoms with Crippen LogP contribution < -0.4 is 5.32 Å². The van der Waals surface area contributed by atoms with Gasteiger partial charge in [-0.2, -0.15) is 0 Å². The molecule has 0 bridgehead atoms. The van der Waals surface area contributed by atoms with Crippen molar-refractivity contribution in [1.29, 1.82) is 0 Å². The number of aryl methyl sites for hydroxylation is 2. The summed E-state index contributed by atoms with van der Waals surface area (Å²) in [5.74, 6) is 0.703. The van der Waals surface area contributed by atoms with Crippen LogP contribution in [0.25, 0.3) is 11.0 Å². The molecule has 1 amide bonds.